The lowest BCUT2D eigenvalue weighted by Gasteiger charge is -2.19. The van der Waals surface area contributed by atoms with Crippen molar-refractivity contribution < 1.29 is 5.11 Å². The van der Waals surface area contributed by atoms with E-state index in [-0.39, 0.29) is 17.6 Å². The van der Waals surface area contributed by atoms with Crippen molar-refractivity contribution in [3.63, 3.8) is 0 Å². The first-order valence-electron chi connectivity index (χ1n) is 8.41. The molecule has 3 aromatic rings. The fraction of sp³-hybridized carbons (Fsp3) is 0.176. The van der Waals surface area contributed by atoms with Crippen molar-refractivity contribution in [3.8, 4) is 5.88 Å². The number of benzene rings is 1. The van der Waals surface area contributed by atoms with Gasteiger partial charge in [0.25, 0.3) is 0 Å². The van der Waals surface area contributed by atoms with Crippen molar-refractivity contribution in [2.24, 2.45) is 15.7 Å². The van der Waals surface area contributed by atoms with Crippen LogP contribution < -0.4 is 27.4 Å². The average molecular weight is 401 g/mol. The molecule has 10 nitrogen and oxygen atoms in total. The molecule has 2 unspecified atom stereocenters. The van der Waals surface area contributed by atoms with Gasteiger partial charge in [-0.1, -0.05) is 23.7 Å². The molecule has 0 radical (unpaired) electrons. The van der Waals surface area contributed by atoms with Crippen LogP contribution >= 0.6 is 11.6 Å². The van der Waals surface area contributed by atoms with Crippen LogP contribution in [0.1, 0.15) is 30.5 Å². The van der Waals surface area contributed by atoms with Crippen molar-refractivity contribution in [2.75, 3.05) is 0 Å². The quantitative estimate of drug-likeness (QED) is 0.414. The molecule has 0 aliphatic carbocycles. The zero-order chi connectivity index (χ0) is 19.8. The molecule has 0 fully saturated rings. The monoisotopic (exact) mass is 400 g/mol. The average Bonchev–Trinajstić information content (AvgIpc) is 3.19. The molecule has 3 heterocycles. The molecule has 11 heteroatoms. The van der Waals surface area contributed by atoms with Gasteiger partial charge in [-0.15, -0.1) is 0 Å². The molecule has 2 atom stereocenters. The summed E-state index contributed by atoms with van der Waals surface area (Å²) in [7, 11) is 0. The summed E-state index contributed by atoms with van der Waals surface area (Å²) in [4.78, 5) is 24.9. The summed E-state index contributed by atoms with van der Waals surface area (Å²) < 4.78 is 1.45. The SMILES string of the molecule is CC(NC1=NC(N)n2nc/c(=C/c3[nH]c(=O)[nH]c3O)c2=N1)c1ccc(Cl)cc1. The van der Waals surface area contributed by atoms with Crippen LogP contribution in [0.25, 0.3) is 6.08 Å². The maximum atomic E-state index is 11.3. The molecule has 0 saturated carbocycles. The Morgan fingerprint density at radius 1 is 1.36 bits per heavy atom. The summed E-state index contributed by atoms with van der Waals surface area (Å²) in [6.07, 6.45) is 2.33. The smallest absolute Gasteiger partial charge is 0.326 e. The summed E-state index contributed by atoms with van der Waals surface area (Å²) in [5.41, 5.74) is 7.25. The Labute approximate surface area is 163 Å². The molecule has 0 spiro atoms. The lowest BCUT2D eigenvalue weighted by Crippen LogP contribution is -2.42. The number of fused-ring (bicyclic) bond motifs is 1. The number of halogens is 1. The Morgan fingerprint density at radius 3 is 2.79 bits per heavy atom. The predicted octanol–water partition coefficient (Wildman–Crippen LogP) is -0.158. The molecule has 0 bridgehead atoms. The molecule has 6 N–H and O–H groups in total. The molecule has 0 amide bonds. The Balaban J connectivity index is 1.69. The van der Waals surface area contributed by atoms with Crippen molar-refractivity contribution in [1.29, 1.82) is 0 Å². The van der Waals surface area contributed by atoms with Crippen LogP contribution in [0, 0.1) is 0 Å². The Kier molecular flexibility index (Phi) is 4.49. The molecule has 28 heavy (non-hydrogen) atoms. The van der Waals surface area contributed by atoms with E-state index in [1.807, 2.05) is 31.2 Å². The number of aromatic nitrogens is 4. The molecule has 1 aliphatic heterocycles. The van der Waals surface area contributed by atoms with E-state index in [1.165, 1.54) is 10.9 Å². The highest BCUT2D eigenvalue weighted by Gasteiger charge is 2.17. The van der Waals surface area contributed by atoms with Gasteiger partial charge in [0, 0.05) is 10.2 Å². The predicted molar refractivity (Wildman–Crippen MR) is 103 cm³/mol. The van der Waals surface area contributed by atoms with E-state index in [2.05, 4.69) is 30.4 Å². The van der Waals surface area contributed by atoms with Gasteiger partial charge < -0.3 is 15.4 Å². The zero-order valence-electron chi connectivity index (χ0n) is 14.7. The number of nitrogens with zero attached hydrogens (tertiary/aromatic N) is 4. The molecule has 144 valence electrons. The fourth-order valence-electron chi connectivity index (χ4n) is 2.84. The second kappa shape index (κ2) is 6.98. The van der Waals surface area contributed by atoms with Crippen LogP contribution in [0.4, 0.5) is 0 Å². The van der Waals surface area contributed by atoms with E-state index in [4.69, 9.17) is 17.3 Å². The van der Waals surface area contributed by atoms with E-state index in [0.29, 0.717) is 21.7 Å². The van der Waals surface area contributed by atoms with Crippen molar-refractivity contribution in [2.45, 2.75) is 19.3 Å². The normalized spacial score (nSPS) is 17.6. The highest BCUT2D eigenvalue weighted by atomic mass is 35.5. The Morgan fingerprint density at radius 2 is 2.11 bits per heavy atom. The number of nitrogens with two attached hydrogens (primary N) is 1. The largest absolute Gasteiger partial charge is 0.493 e. The van der Waals surface area contributed by atoms with Crippen LogP contribution in [0.5, 0.6) is 5.88 Å². The number of nitrogens with one attached hydrogen (secondary N) is 3. The number of hydrogen-bond acceptors (Lipinski definition) is 7. The second-order valence-corrected chi connectivity index (χ2v) is 6.69. The number of rotatable bonds is 3. The summed E-state index contributed by atoms with van der Waals surface area (Å²) in [6, 6.07) is 7.37. The van der Waals surface area contributed by atoms with Gasteiger partial charge in [-0.05, 0) is 30.7 Å². The minimum Gasteiger partial charge on any atom is -0.493 e. The zero-order valence-corrected chi connectivity index (χ0v) is 15.5. The minimum absolute atomic E-state index is 0.0843. The van der Waals surface area contributed by atoms with Crippen molar-refractivity contribution in [3.05, 3.63) is 67.9 Å². The van der Waals surface area contributed by atoms with Gasteiger partial charge in [-0.3, -0.25) is 10.7 Å². The van der Waals surface area contributed by atoms with Gasteiger partial charge in [0.2, 0.25) is 11.8 Å². The number of aromatic amines is 2. The van der Waals surface area contributed by atoms with Gasteiger partial charge >= 0.3 is 5.69 Å². The Bertz CT molecular complexity index is 1220. The third kappa shape index (κ3) is 3.42. The first-order valence-corrected chi connectivity index (χ1v) is 8.79. The lowest BCUT2D eigenvalue weighted by atomic mass is 10.1. The number of H-pyrrole nitrogens is 2. The number of hydrogen-bond donors (Lipinski definition) is 5. The van der Waals surface area contributed by atoms with E-state index in [0.717, 1.165) is 5.56 Å². The summed E-state index contributed by atoms with van der Waals surface area (Å²) in [6.45, 7) is 1.97. The van der Waals surface area contributed by atoms with Gasteiger partial charge in [-0.2, -0.15) is 10.1 Å². The van der Waals surface area contributed by atoms with E-state index >= 15 is 0 Å². The number of imidazole rings is 1. The summed E-state index contributed by atoms with van der Waals surface area (Å²) >= 11 is 5.93. The van der Waals surface area contributed by atoms with Crippen LogP contribution in [0.2, 0.25) is 5.02 Å². The molecule has 1 aromatic carbocycles. The number of guanidine groups is 1. The van der Waals surface area contributed by atoms with Crippen molar-refractivity contribution >= 4 is 23.6 Å². The summed E-state index contributed by atoms with van der Waals surface area (Å²) in [5, 5.41) is 18.4. The van der Waals surface area contributed by atoms with Crippen molar-refractivity contribution in [1.82, 2.24) is 25.1 Å². The fourth-order valence-corrected chi connectivity index (χ4v) is 2.96. The number of aromatic hydroxyl groups is 1. The van der Waals surface area contributed by atoms with Crippen LogP contribution in [-0.2, 0) is 0 Å². The maximum absolute atomic E-state index is 11.3. The lowest BCUT2D eigenvalue weighted by molar-refractivity contribution is 0.454. The number of aliphatic imine (C=N–C) groups is 1. The first kappa shape index (κ1) is 18.0. The first-order chi connectivity index (χ1) is 13.4. The highest BCUT2D eigenvalue weighted by Crippen LogP contribution is 2.16. The second-order valence-electron chi connectivity index (χ2n) is 6.25. The minimum atomic E-state index is -0.756. The van der Waals surface area contributed by atoms with E-state index < -0.39 is 12.0 Å². The molecule has 2 aromatic heterocycles. The van der Waals surface area contributed by atoms with Gasteiger partial charge in [0.15, 0.2) is 11.8 Å². The van der Waals surface area contributed by atoms with E-state index in [1.54, 1.807) is 6.08 Å². The maximum Gasteiger partial charge on any atom is 0.326 e. The van der Waals surface area contributed by atoms with Crippen LogP contribution in [-0.4, -0.2) is 30.8 Å². The molecule has 1 aliphatic rings. The van der Waals surface area contributed by atoms with Gasteiger partial charge in [0.1, 0.15) is 5.69 Å². The summed E-state index contributed by atoms with van der Waals surface area (Å²) in [5.74, 6) is 0.0813. The molecular weight excluding hydrogens is 384 g/mol. The van der Waals surface area contributed by atoms with Crippen LogP contribution in [0.3, 0.4) is 0 Å². The third-order valence-corrected chi connectivity index (χ3v) is 4.52. The molecule has 4 rings (SSSR count). The Hall–Kier alpha value is -3.37. The third-order valence-electron chi connectivity index (χ3n) is 4.26. The van der Waals surface area contributed by atoms with Gasteiger partial charge in [0.05, 0.1) is 12.2 Å². The standard InChI is InChI=1S/C17H17ClN8O2/c1-8(9-2-4-11(18)5-3-9)21-16-23-13-10(7-20-26(13)15(19)25-16)6-12-14(27)24-17(28)22-12/h2-8,15,27H,19H2,1H3,(H,21,25)(H2,22,24,28)/b10-6-. The highest BCUT2D eigenvalue weighted by molar-refractivity contribution is 6.30. The topological polar surface area (TPSA) is 149 Å². The van der Waals surface area contributed by atoms with E-state index in [9.17, 15) is 9.90 Å². The van der Waals surface area contributed by atoms with Gasteiger partial charge in [-0.25, -0.2) is 14.5 Å². The molecule has 0 saturated heterocycles. The molecular formula is C17H17ClN8O2. The van der Waals surface area contributed by atoms with Crippen LogP contribution in [0.15, 0.2) is 45.2 Å².